The first kappa shape index (κ1) is 26.0. The van der Waals surface area contributed by atoms with Crippen LogP contribution in [0.3, 0.4) is 0 Å². The molecule has 3 N–H and O–H groups in total. The highest BCUT2D eigenvalue weighted by atomic mass is 32.1. The van der Waals surface area contributed by atoms with Crippen LogP contribution in [0.5, 0.6) is 0 Å². The molecule has 0 radical (unpaired) electrons. The summed E-state index contributed by atoms with van der Waals surface area (Å²) in [4.78, 5) is 22.2. The number of pyridine rings is 1. The zero-order valence-electron chi connectivity index (χ0n) is 21.1. The van der Waals surface area contributed by atoms with Crippen molar-refractivity contribution in [3.8, 4) is 28.7 Å². The van der Waals surface area contributed by atoms with E-state index < -0.39 is 17.7 Å². The minimum atomic E-state index is -1.66. The summed E-state index contributed by atoms with van der Waals surface area (Å²) in [6.07, 6.45) is 1.21. The molecule has 5 aromatic rings. The molecule has 0 saturated heterocycles. The number of anilines is 2. The molecular weight excluding hydrogens is 517 g/mol. The maximum absolute atomic E-state index is 14.3. The summed E-state index contributed by atoms with van der Waals surface area (Å²) in [5.74, 6) is -0.555. The number of alkyl halides is 1. The van der Waals surface area contributed by atoms with Crippen LogP contribution in [0.1, 0.15) is 29.8 Å². The number of carbonyl (C=O) groups is 1. The third-order valence-corrected chi connectivity index (χ3v) is 6.82. The summed E-state index contributed by atoms with van der Waals surface area (Å²) in [7, 11) is 0. The number of hydrogen-bond acceptors (Lipinski definition) is 8. The van der Waals surface area contributed by atoms with Gasteiger partial charge in [-0.05, 0) is 38.1 Å². The number of nitriles is 1. The van der Waals surface area contributed by atoms with Gasteiger partial charge in [-0.3, -0.25) is 9.78 Å². The van der Waals surface area contributed by atoms with Gasteiger partial charge in [0.05, 0.1) is 57.8 Å². The fraction of sp³-hybridized carbons (Fsp3) is 0.179. The van der Waals surface area contributed by atoms with Crippen LogP contribution in [0.2, 0.25) is 0 Å². The van der Waals surface area contributed by atoms with E-state index in [2.05, 4.69) is 31.8 Å². The third kappa shape index (κ3) is 5.62. The van der Waals surface area contributed by atoms with Crippen molar-refractivity contribution in [3.05, 3.63) is 83.5 Å². The smallest absolute Gasteiger partial charge is 0.255 e. The predicted octanol–water partition coefficient (Wildman–Crippen LogP) is 4.97. The minimum Gasteiger partial charge on any atom is -0.387 e. The SMILES string of the molecule is CC(C)(O)C(F)CNC(=O)c1cnc(-c2ccc3cc(C#N)cnn23)cc1Nc1nc(-c2ccccc2)cs1. The first-order chi connectivity index (χ1) is 18.7. The molecule has 0 bridgehead atoms. The van der Waals surface area contributed by atoms with Crippen LogP contribution >= 0.6 is 11.3 Å². The van der Waals surface area contributed by atoms with E-state index in [4.69, 9.17) is 0 Å². The molecule has 4 aromatic heterocycles. The number of fused-ring (bicyclic) bond motifs is 1. The average molecular weight is 542 g/mol. The van der Waals surface area contributed by atoms with E-state index >= 15 is 0 Å². The Balaban J connectivity index is 1.50. The normalized spacial score (nSPS) is 12.2. The number of aromatic nitrogens is 4. The van der Waals surface area contributed by atoms with Crippen molar-refractivity contribution in [3.63, 3.8) is 0 Å². The standard InChI is InChI=1S/C28H24FN7O2S/c1-28(2,38)25(29)15-32-26(37)20-14-31-22(24-9-8-19-10-17(12-30)13-33-36(19)24)11-21(20)34-27-35-23(16-39-27)18-6-4-3-5-7-18/h3-11,13-14,16,25,38H,15H2,1-2H3,(H,32,37)(H,31,34,35). The zero-order valence-corrected chi connectivity index (χ0v) is 21.9. The highest BCUT2D eigenvalue weighted by Gasteiger charge is 2.27. The van der Waals surface area contributed by atoms with Gasteiger partial charge >= 0.3 is 0 Å². The zero-order chi connectivity index (χ0) is 27.6. The molecule has 11 heteroatoms. The van der Waals surface area contributed by atoms with Gasteiger partial charge < -0.3 is 15.7 Å². The number of halogens is 1. The van der Waals surface area contributed by atoms with Crippen molar-refractivity contribution in [2.24, 2.45) is 0 Å². The van der Waals surface area contributed by atoms with E-state index in [0.717, 1.165) is 16.8 Å². The molecule has 1 amide bonds. The van der Waals surface area contributed by atoms with Gasteiger partial charge in [0.1, 0.15) is 12.2 Å². The molecule has 1 unspecified atom stereocenters. The number of hydrogen-bond donors (Lipinski definition) is 3. The van der Waals surface area contributed by atoms with Crippen molar-refractivity contribution < 1.29 is 14.3 Å². The van der Waals surface area contributed by atoms with E-state index in [-0.39, 0.29) is 12.1 Å². The molecule has 1 aromatic carbocycles. The molecular formula is C28H24FN7O2S. The quantitative estimate of drug-likeness (QED) is 0.253. The lowest BCUT2D eigenvalue weighted by atomic mass is 10.0. The maximum atomic E-state index is 14.3. The lowest BCUT2D eigenvalue weighted by Gasteiger charge is -2.22. The van der Waals surface area contributed by atoms with Gasteiger partial charge in [-0.25, -0.2) is 13.9 Å². The lowest BCUT2D eigenvalue weighted by molar-refractivity contribution is -0.00177. The Morgan fingerprint density at radius 3 is 2.72 bits per heavy atom. The number of rotatable bonds is 8. The Bertz CT molecular complexity index is 1690. The first-order valence-electron chi connectivity index (χ1n) is 12.0. The Morgan fingerprint density at radius 2 is 1.97 bits per heavy atom. The van der Waals surface area contributed by atoms with Crippen molar-refractivity contribution in [1.82, 2.24) is 24.9 Å². The molecule has 0 spiro atoms. The highest BCUT2D eigenvalue weighted by Crippen LogP contribution is 2.31. The average Bonchev–Trinajstić information content (AvgIpc) is 3.58. The maximum Gasteiger partial charge on any atom is 0.255 e. The van der Waals surface area contributed by atoms with Gasteiger partial charge in [0.25, 0.3) is 5.91 Å². The Kier molecular flexibility index (Phi) is 7.06. The number of nitrogens with one attached hydrogen (secondary N) is 2. The van der Waals surface area contributed by atoms with Gasteiger partial charge in [0.2, 0.25) is 0 Å². The highest BCUT2D eigenvalue weighted by molar-refractivity contribution is 7.14. The number of amides is 1. The fourth-order valence-electron chi connectivity index (χ4n) is 3.85. The number of thiazole rings is 1. The van der Waals surface area contributed by atoms with E-state index in [1.54, 1.807) is 16.6 Å². The van der Waals surface area contributed by atoms with Crippen molar-refractivity contribution in [2.45, 2.75) is 25.6 Å². The third-order valence-electron chi connectivity index (χ3n) is 6.06. The second kappa shape index (κ2) is 10.6. The van der Waals surface area contributed by atoms with Gasteiger partial charge in [-0.15, -0.1) is 11.3 Å². The fourth-order valence-corrected chi connectivity index (χ4v) is 4.58. The summed E-state index contributed by atoms with van der Waals surface area (Å²) in [6.45, 7) is 2.32. The number of nitrogens with zero attached hydrogens (tertiary/aromatic N) is 5. The van der Waals surface area contributed by atoms with Crippen LogP contribution in [0.4, 0.5) is 15.2 Å². The van der Waals surface area contributed by atoms with Gasteiger partial charge in [-0.2, -0.15) is 10.4 Å². The largest absolute Gasteiger partial charge is 0.387 e. The van der Waals surface area contributed by atoms with Gasteiger partial charge in [0, 0.05) is 17.1 Å². The molecule has 196 valence electrons. The van der Waals surface area contributed by atoms with Crippen LogP contribution < -0.4 is 10.6 Å². The molecule has 1 atom stereocenters. The molecule has 0 aliphatic carbocycles. The predicted molar refractivity (Wildman–Crippen MR) is 147 cm³/mol. The minimum absolute atomic E-state index is 0.179. The molecule has 9 nitrogen and oxygen atoms in total. The van der Waals surface area contributed by atoms with Crippen LogP contribution in [0.25, 0.3) is 28.2 Å². The van der Waals surface area contributed by atoms with Crippen LogP contribution in [-0.4, -0.2) is 48.9 Å². The number of aliphatic hydroxyl groups is 1. The number of carbonyl (C=O) groups excluding carboxylic acids is 1. The monoisotopic (exact) mass is 541 g/mol. The Hall–Kier alpha value is -4.66. The van der Waals surface area contributed by atoms with Crippen molar-refractivity contribution in [2.75, 3.05) is 11.9 Å². The van der Waals surface area contributed by atoms with Crippen LogP contribution in [-0.2, 0) is 0 Å². The van der Waals surface area contributed by atoms with E-state index in [0.29, 0.717) is 27.8 Å². The molecule has 4 heterocycles. The van der Waals surface area contributed by atoms with Crippen LogP contribution in [0.15, 0.2) is 72.4 Å². The van der Waals surface area contributed by atoms with Gasteiger partial charge in [-0.1, -0.05) is 30.3 Å². The number of benzene rings is 1. The molecule has 0 aliphatic rings. The summed E-state index contributed by atoms with van der Waals surface area (Å²) < 4.78 is 16.0. The second-order valence-electron chi connectivity index (χ2n) is 9.39. The molecule has 0 aliphatic heterocycles. The Labute approximate surface area is 227 Å². The first-order valence-corrected chi connectivity index (χ1v) is 12.9. The van der Waals surface area contributed by atoms with Crippen LogP contribution in [0, 0.1) is 11.3 Å². The lowest BCUT2D eigenvalue weighted by Crippen LogP contribution is -2.42. The van der Waals surface area contributed by atoms with E-state index in [1.807, 2.05) is 47.8 Å². The Morgan fingerprint density at radius 1 is 1.18 bits per heavy atom. The summed E-state index contributed by atoms with van der Waals surface area (Å²) >= 11 is 1.38. The topological polar surface area (TPSA) is 128 Å². The molecule has 5 rings (SSSR count). The van der Waals surface area contributed by atoms with E-state index in [9.17, 15) is 19.6 Å². The van der Waals surface area contributed by atoms with Gasteiger partial charge in [0.15, 0.2) is 5.13 Å². The van der Waals surface area contributed by atoms with Crippen molar-refractivity contribution >= 4 is 33.6 Å². The second-order valence-corrected chi connectivity index (χ2v) is 10.2. The van der Waals surface area contributed by atoms with E-state index in [1.165, 1.54) is 37.6 Å². The summed E-state index contributed by atoms with van der Waals surface area (Å²) in [5, 5.41) is 31.6. The molecule has 0 fully saturated rings. The molecule has 39 heavy (non-hydrogen) atoms. The molecule has 0 saturated carbocycles. The van der Waals surface area contributed by atoms with Crippen molar-refractivity contribution in [1.29, 1.82) is 5.26 Å². The summed E-state index contributed by atoms with van der Waals surface area (Å²) in [5.41, 5.74) is 3.06. The summed E-state index contributed by atoms with van der Waals surface area (Å²) in [6, 6.07) is 18.8.